The molecule has 1 amide bonds. The normalized spacial score (nSPS) is 16.1. The predicted octanol–water partition coefficient (Wildman–Crippen LogP) is 2.38. The summed E-state index contributed by atoms with van der Waals surface area (Å²) in [5.41, 5.74) is 2.64. The second-order valence-electron chi connectivity index (χ2n) is 6.37. The lowest BCUT2D eigenvalue weighted by Gasteiger charge is -2.29. The minimum absolute atomic E-state index is 0.591. The summed E-state index contributed by atoms with van der Waals surface area (Å²) in [6.45, 7) is 2.98. The molecule has 1 N–H and O–H groups in total. The number of hydrogen-bond acceptors (Lipinski definition) is 4. The van der Waals surface area contributed by atoms with Gasteiger partial charge in [-0.3, -0.25) is 9.48 Å². The molecule has 2 aromatic rings. The molecule has 6 nitrogen and oxygen atoms in total. The van der Waals surface area contributed by atoms with Crippen molar-refractivity contribution < 1.29 is 9.53 Å². The van der Waals surface area contributed by atoms with E-state index >= 15 is 0 Å². The Hall–Kier alpha value is -2.34. The molecular formula is C18H24N4O2. The Morgan fingerprint density at radius 1 is 1.29 bits per heavy atom. The Bertz CT molecular complexity index is 690. The molecule has 24 heavy (non-hydrogen) atoms. The molecule has 6 heteroatoms. The fraction of sp³-hybridized carbons (Fsp3) is 0.444. The van der Waals surface area contributed by atoms with Crippen LogP contribution in [-0.2, 0) is 11.8 Å². The van der Waals surface area contributed by atoms with E-state index < -0.39 is 0 Å². The lowest BCUT2D eigenvalue weighted by molar-refractivity contribution is -0.105. The molecule has 1 fully saturated rings. The fourth-order valence-corrected chi connectivity index (χ4v) is 3.09. The quantitative estimate of drug-likeness (QED) is 0.827. The monoisotopic (exact) mass is 328 g/mol. The smallest absolute Gasteiger partial charge is 0.211 e. The van der Waals surface area contributed by atoms with Crippen LogP contribution in [0.25, 0.3) is 11.3 Å². The van der Waals surface area contributed by atoms with Gasteiger partial charge >= 0.3 is 0 Å². The van der Waals surface area contributed by atoms with Gasteiger partial charge in [0.25, 0.3) is 0 Å². The van der Waals surface area contributed by atoms with Crippen molar-refractivity contribution in [3.8, 4) is 17.0 Å². The van der Waals surface area contributed by atoms with Crippen molar-refractivity contribution in [2.45, 2.75) is 12.8 Å². The molecule has 1 saturated heterocycles. The first-order valence-corrected chi connectivity index (χ1v) is 8.31. The summed E-state index contributed by atoms with van der Waals surface area (Å²) in [7, 11) is 4.06. The summed E-state index contributed by atoms with van der Waals surface area (Å²) in [5, 5.41) is 6.93. The first kappa shape index (κ1) is 16.5. The number of carbonyl (C=O) groups is 1. The molecule has 0 atom stereocenters. The highest BCUT2D eigenvalue weighted by Gasteiger charge is 2.18. The Morgan fingerprint density at radius 2 is 2.08 bits per heavy atom. The number of hydrogen-bond donors (Lipinski definition) is 1. The molecule has 2 heterocycles. The number of rotatable bonds is 6. The summed E-state index contributed by atoms with van der Waals surface area (Å²) in [6.07, 6.45) is 4.78. The van der Waals surface area contributed by atoms with Crippen molar-refractivity contribution in [3.05, 3.63) is 30.5 Å². The number of nitrogens with one attached hydrogen (secondary N) is 1. The summed E-state index contributed by atoms with van der Waals surface area (Å²) >= 11 is 0. The van der Waals surface area contributed by atoms with Gasteiger partial charge in [-0.25, -0.2) is 0 Å². The largest absolute Gasteiger partial charge is 0.493 e. The third-order valence-corrected chi connectivity index (χ3v) is 4.61. The van der Waals surface area contributed by atoms with Crippen LogP contribution in [0.4, 0.5) is 5.69 Å². The van der Waals surface area contributed by atoms with E-state index in [0.29, 0.717) is 12.3 Å². The maximum atomic E-state index is 10.7. The van der Waals surface area contributed by atoms with Crippen LogP contribution in [-0.4, -0.2) is 47.8 Å². The van der Waals surface area contributed by atoms with Crippen molar-refractivity contribution in [3.63, 3.8) is 0 Å². The standard InChI is InChI=1S/C18H24N4O2/c1-21-9-6-14(7-10-21)12-24-18-4-3-15(19-13-23)11-16(18)17-5-8-20-22(17)2/h3-5,8,11,13-14H,6-7,9-10,12H2,1-2H3,(H,19,23). The highest BCUT2D eigenvalue weighted by atomic mass is 16.5. The molecule has 1 aromatic carbocycles. The molecule has 0 aliphatic carbocycles. The van der Waals surface area contributed by atoms with Gasteiger partial charge in [-0.2, -0.15) is 5.10 Å². The van der Waals surface area contributed by atoms with Gasteiger partial charge in [-0.15, -0.1) is 0 Å². The number of piperidine rings is 1. The highest BCUT2D eigenvalue weighted by molar-refractivity contribution is 5.78. The lowest BCUT2D eigenvalue weighted by Crippen LogP contribution is -2.32. The van der Waals surface area contributed by atoms with Gasteiger partial charge in [-0.1, -0.05) is 0 Å². The SMILES string of the molecule is CN1CCC(COc2ccc(NC=O)cc2-c2ccnn2C)CC1. The molecule has 0 spiro atoms. The van der Waals surface area contributed by atoms with Crippen molar-refractivity contribution in [2.24, 2.45) is 13.0 Å². The number of carbonyl (C=O) groups excluding carboxylic acids is 1. The number of amides is 1. The molecule has 0 saturated carbocycles. The average Bonchev–Trinajstić information content (AvgIpc) is 3.01. The van der Waals surface area contributed by atoms with Crippen molar-refractivity contribution in [2.75, 3.05) is 32.1 Å². The van der Waals surface area contributed by atoms with E-state index in [1.807, 2.05) is 36.0 Å². The van der Waals surface area contributed by atoms with Crippen molar-refractivity contribution in [1.29, 1.82) is 0 Å². The van der Waals surface area contributed by atoms with Gasteiger partial charge in [0.1, 0.15) is 5.75 Å². The molecule has 1 aromatic heterocycles. The zero-order chi connectivity index (χ0) is 16.9. The van der Waals surface area contributed by atoms with Crippen molar-refractivity contribution >= 4 is 12.1 Å². The minimum Gasteiger partial charge on any atom is -0.493 e. The Balaban J connectivity index is 1.79. The van der Waals surface area contributed by atoms with Crippen LogP contribution in [0, 0.1) is 5.92 Å². The molecule has 1 aliphatic rings. The van der Waals surface area contributed by atoms with Crippen LogP contribution < -0.4 is 10.1 Å². The van der Waals surface area contributed by atoms with Crippen LogP contribution in [0.15, 0.2) is 30.5 Å². The number of ether oxygens (including phenoxy) is 1. The number of nitrogens with zero attached hydrogens (tertiary/aromatic N) is 3. The van der Waals surface area contributed by atoms with E-state index in [1.54, 1.807) is 6.20 Å². The van der Waals surface area contributed by atoms with Gasteiger partial charge in [0, 0.05) is 24.5 Å². The first-order chi connectivity index (χ1) is 11.7. The van der Waals surface area contributed by atoms with Crippen molar-refractivity contribution in [1.82, 2.24) is 14.7 Å². The third-order valence-electron chi connectivity index (χ3n) is 4.61. The maximum Gasteiger partial charge on any atom is 0.211 e. The number of likely N-dealkylation sites (tertiary alicyclic amines) is 1. The minimum atomic E-state index is 0.591. The van der Waals surface area contributed by atoms with Gasteiger partial charge in [-0.05, 0) is 63.2 Å². The first-order valence-electron chi connectivity index (χ1n) is 8.31. The Labute approximate surface area is 142 Å². The van der Waals surface area contributed by atoms with E-state index in [-0.39, 0.29) is 0 Å². The fourth-order valence-electron chi connectivity index (χ4n) is 3.09. The number of aryl methyl sites for hydroxylation is 1. The maximum absolute atomic E-state index is 10.7. The number of benzene rings is 1. The van der Waals surface area contributed by atoms with E-state index in [9.17, 15) is 4.79 Å². The van der Waals surface area contributed by atoms with Gasteiger partial charge < -0.3 is 15.0 Å². The average molecular weight is 328 g/mol. The number of aromatic nitrogens is 2. The van der Waals surface area contributed by atoms with Crippen LogP contribution >= 0.6 is 0 Å². The molecule has 1 aliphatic heterocycles. The summed E-state index contributed by atoms with van der Waals surface area (Å²) < 4.78 is 7.96. The van der Waals surface area contributed by atoms with Crippen LogP contribution in [0.1, 0.15) is 12.8 Å². The Kier molecular flexibility index (Phi) is 5.15. The number of anilines is 1. The van der Waals surface area contributed by atoms with Crippen LogP contribution in [0.2, 0.25) is 0 Å². The van der Waals surface area contributed by atoms with E-state index in [0.717, 1.165) is 42.4 Å². The molecule has 0 unspecified atom stereocenters. The molecule has 128 valence electrons. The van der Waals surface area contributed by atoms with Gasteiger partial charge in [0.05, 0.1) is 12.3 Å². The molecule has 0 bridgehead atoms. The predicted molar refractivity (Wildman–Crippen MR) is 94.0 cm³/mol. The molecule has 0 radical (unpaired) electrons. The zero-order valence-corrected chi connectivity index (χ0v) is 14.2. The third kappa shape index (κ3) is 3.76. The van der Waals surface area contributed by atoms with Crippen LogP contribution in [0.5, 0.6) is 5.75 Å². The second kappa shape index (κ2) is 7.49. The Morgan fingerprint density at radius 3 is 2.75 bits per heavy atom. The summed E-state index contributed by atoms with van der Waals surface area (Å²) in [5.74, 6) is 1.42. The lowest BCUT2D eigenvalue weighted by atomic mass is 9.98. The molecular weight excluding hydrogens is 304 g/mol. The van der Waals surface area contributed by atoms with E-state index in [4.69, 9.17) is 4.74 Å². The zero-order valence-electron chi connectivity index (χ0n) is 14.2. The van der Waals surface area contributed by atoms with E-state index in [2.05, 4.69) is 22.4 Å². The highest BCUT2D eigenvalue weighted by Crippen LogP contribution is 2.33. The summed E-state index contributed by atoms with van der Waals surface area (Å²) in [4.78, 5) is 13.1. The topological polar surface area (TPSA) is 59.4 Å². The summed E-state index contributed by atoms with van der Waals surface area (Å²) in [6, 6.07) is 7.65. The second-order valence-corrected chi connectivity index (χ2v) is 6.37. The van der Waals surface area contributed by atoms with Crippen LogP contribution in [0.3, 0.4) is 0 Å². The van der Waals surface area contributed by atoms with Gasteiger partial charge in [0.2, 0.25) is 6.41 Å². The van der Waals surface area contributed by atoms with Gasteiger partial charge in [0.15, 0.2) is 0 Å². The van der Waals surface area contributed by atoms with E-state index in [1.165, 1.54) is 12.8 Å². The molecule has 3 rings (SSSR count).